The highest BCUT2D eigenvalue weighted by Gasteiger charge is 2.27. The first-order valence-electron chi connectivity index (χ1n) is 8.30. The number of benzene rings is 1. The number of rotatable bonds is 3. The van der Waals surface area contributed by atoms with Gasteiger partial charge in [0.15, 0.2) is 0 Å². The molecule has 1 N–H and O–H groups in total. The summed E-state index contributed by atoms with van der Waals surface area (Å²) >= 11 is 1.63. The maximum Gasteiger partial charge on any atom is 0.368 e. The molecule has 0 bridgehead atoms. The number of carbonyl (C=O) groups is 1. The fourth-order valence-corrected chi connectivity index (χ4v) is 4.03. The molecular formula is C19H18N2O3S. The topological polar surface area (TPSA) is 62.1 Å². The Hall–Kier alpha value is -2.44. The molecule has 0 radical (unpaired) electrons. The fourth-order valence-electron chi connectivity index (χ4n) is 3.03. The van der Waals surface area contributed by atoms with Gasteiger partial charge in [0, 0.05) is 23.5 Å². The molecule has 128 valence electrons. The summed E-state index contributed by atoms with van der Waals surface area (Å²) in [6.07, 6.45) is 3.25. The first kappa shape index (κ1) is 16.1. The Balaban J connectivity index is 1.58. The standard InChI is InChI=1S/C19H18N2O3S/c22-14-8-10-21(11-9-14)17-7-6-15(25-17)12-16-18(20-24-19(16)23)13-4-2-1-3-5-13/h1-7,12,14,22H,8-11H2/b16-12+. The monoisotopic (exact) mass is 354 g/mol. The molecule has 0 aliphatic carbocycles. The molecule has 1 aromatic carbocycles. The Bertz CT molecular complexity index is 833. The highest BCUT2D eigenvalue weighted by molar-refractivity contribution is 7.17. The molecule has 6 heteroatoms. The lowest BCUT2D eigenvalue weighted by Gasteiger charge is -2.30. The minimum absolute atomic E-state index is 0.185. The number of hydrogen-bond acceptors (Lipinski definition) is 6. The minimum atomic E-state index is -0.421. The zero-order chi connectivity index (χ0) is 17.2. The molecule has 1 saturated heterocycles. The molecule has 5 nitrogen and oxygen atoms in total. The second-order valence-electron chi connectivity index (χ2n) is 6.14. The molecule has 2 aliphatic heterocycles. The summed E-state index contributed by atoms with van der Waals surface area (Å²) in [5.41, 5.74) is 1.91. The number of carbonyl (C=O) groups excluding carboxylic acids is 1. The predicted molar refractivity (Wildman–Crippen MR) is 98.8 cm³/mol. The van der Waals surface area contributed by atoms with Gasteiger partial charge >= 0.3 is 5.97 Å². The SMILES string of the molecule is O=C1ON=C(c2ccccc2)/C1=C\c1ccc(N2CCC(O)CC2)s1. The van der Waals surface area contributed by atoms with Crippen molar-refractivity contribution in [3.63, 3.8) is 0 Å². The van der Waals surface area contributed by atoms with E-state index < -0.39 is 5.97 Å². The quantitative estimate of drug-likeness (QED) is 0.680. The van der Waals surface area contributed by atoms with Gasteiger partial charge in [-0.1, -0.05) is 35.5 Å². The van der Waals surface area contributed by atoms with Crippen LogP contribution in [0.25, 0.3) is 6.08 Å². The molecule has 0 saturated carbocycles. The number of anilines is 1. The van der Waals surface area contributed by atoms with Gasteiger partial charge in [-0.15, -0.1) is 11.3 Å². The second-order valence-corrected chi connectivity index (χ2v) is 7.23. The molecule has 4 rings (SSSR count). The van der Waals surface area contributed by atoms with Gasteiger partial charge in [-0.3, -0.25) is 0 Å². The molecular weight excluding hydrogens is 336 g/mol. The number of aliphatic hydroxyl groups excluding tert-OH is 1. The van der Waals surface area contributed by atoms with Crippen molar-refractivity contribution in [2.45, 2.75) is 18.9 Å². The van der Waals surface area contributed by atoms with Gasteiger partial charge in [-0.25, -0.2) is 4.79 Å². The summed E-state index contributed by atoms with van der Waals surface area (Å²) in [7, 11) is 0. The van der Waals surface area contributed by atoms with Gasteiger partial charge < -0.3 is 14.8 Å². The summed E-state index contributed by atoms with van der Waals surface area (Å²) < 4.78 is 0. The van der Waals surface area contributed by atoms with Crippen molar-refractivity contribution in [3.8, 4) is 0 Å². The zero-order valence-corrected chi connectivity index (χ0v) is 14.4. The van der Waals surface area contributed by atoms with E-state index in [1.54, 1.807) is 11.3 Å². The van der Waals surface area contributed by atoms with Gasteiger partial charge in [0.1, 0.15) is 5.71 Å². The number of oxime groups is 1. The van der Waals surface area contributed by atoms with Gasteiger partial charge in [-0.05, 0) is 31.1 Å². The first-order chi connectivity index (χ1) is 12.2. The van der Waals surface area contributed by atoms with Crippen LogP contribution in [0.1, 0.15) is 23.3 Å². The van der Waals surface area contributed by atoms with E-state index in [0.29, 0.717) is 11.3 Å². The normalized spacial score (nSPS) is 20.0. The molecule has 1 aromatic heterocycles. The van der Waals surface area contributed by atoms with Crippen LogP contribution in [0.5, 0.6) is 0 Å². The van der Waals surface area contributed by atoms with Crippen molar-refractivity contribution < 1.29 is 14.7 Å². The van der Waals surface area contributed by atoms with Crippen LogP contribution in [-0.4, -0.2) is 36.0 Å². The van der Waals surface area contributed by atoms with Crippen molar-refractivity contribution in [1.29, 1.82) is 0 Å². The van der Waals surface area contributed by atoms with E-state index in [9.17, 15) is 9.90 Å². The van der Waals surface area contributed by atoms with E-state index in [1.165, 1.54) is 0 Å². The maximum atomic E-state index is 12.1. The zero-order valence-electron chi connectivity index (χ0n) is 13.6. The van der Waals surface area contributed by atoms with Crippen LogP contribution < -0.4 is 4.90 Å². The van der Waals surface area contributed by atoms with Gasteiger partial charge in [0.2, 0.25) is 0 Å². The highest BCUT2D eigenvalue weighted by Crippen LogP contribution is 2.31. The molecule has 25 heavy (non-hydrogen) atoms. The molecule has 2 aromatic rings. The summed E-state index contributed by atoms with van der Waals surface area (Å²) in [6, 6.07) is 13.6. The van der Waals surface area contributed by atoms with E-state index in [1.807, 2.05) is 42.5 Å². The Morgan fingerprint density at radius 2 is 1.92 bits per heavy atom. The minimum Gasteiger partial charge on any atom is -0.393 e. The van der Waals surface area contributed by atoms with E-state index in [4.69, 9.17) is 4.84 Å². The molecule has 0 spiro atoms. The number of aliphatic hydroxyl groups is 1. The lowest BCUT2D eigenvalue weighted by molar-refractivity contribution is -0.136. The first-order valence-corrected chi connectivity index (χ1v) is 9.12. The average molecular weight is 354 g/mol. The van der Waals surface area contributed by atoms with Crippen LogP contribution in [0.15, 0.2) is 53.2 Å². The molecule has 0 amide bonds. The third-order valence-electron chi connectivity index (χ3n) is 4.42. The van der Waals surface area contributed by atoms with Crippen LogP contribution in [-0.2, 0) is 9.63 Å². The largest absolute Gasteiger partial charge is 0.393 e. The van der Waals surface area contributed by atoms with Crippen LogP contribution in [0.4, 0.5) is 5.00 Å². The van der Waals surface area contributed by atoms with E-state index in [2.05, 4.69) is 16.1 Å². The lowest BCUT2D eigenvalue weighted by Crippen LogP contribution is -2.35. The van der Waals surface area contributed by atoms with Gasteiger partial charge in [-0.2, -0.15) is 0 Å². The highest BCUT2D eigenvalue weighted by atomic mass is 32.1. The number of thiophene rings is 1. The van der Waals surface area contributed by atoms with E-state index in [-0.39, 0.29) is 6.10 Å². The Kier molecular flexibility index (Phi) is 4.38. The van der Waals surface area contributed by atoms with Crippen LogP contribution in [0, 0.1) is 0 Å². The molecule has 0 atom stereocenters. The van der Waals surface area contributed by atoms with E-state index in [0.717, 1.165) is 41.4 Å². The maximum absolute atomic E-state index is 12.1. The Morgan fingerprint density at radius 3 is 2.68 bits per heavy atom. The Labute approximate surface area is 149 Å². The second kappa shape index (κ2) is 6.82. The molecule has 1 fully saturated rings. The number of hydrogen-bond donors (Lipinski definition) is 1. The summed E-state index contributed by atoms with van der Waals surface area (Å²) in [6.45, 7) is 1.72. The van der Waals surface area contributed by atoms with Gasteiger partial charge in [0.05, 0.1) is 16.7 Å². The van der Waals surface area contributed by atoms with Crippen molar-refractivity contribution in [2.24, 2.45) is 5.16 Å². The number of nitrogens with zero attached hydrogens (tertiary/aromatic N) is 2. The summed E-state index contributed by atoms with van der Waals surface area (Å²) in [4.78, 5) is 20.2. The molecule has 2 aliphatic rings. The Morgan fingerprint density at radius 1 is 1.16 bits per heavy atom. The number of piperidine rings is 1. The van der Waals surface area contributed by atoms with Crippen molar-refractivity contribution in [2.75, 3.05) is 18.0 Å². The third kappa shape index (κ3) is 3.36. The van der Waals surface area contributed by atoms with Gasteiger partial charge in [0.25, 0.3) is 0 Å². The van der Waals surface area contributed by atoms with Crippen molar-refractivity contribution in [1.82, 2.24) is 0 Å². The summed E-state index contributed by atoms with van der Waals surface area (Å²) in [5, 5.41) is 14.7. The van der Waals surface area contributed by atoms with Crippen molar-refractivity contribution in [3.05, 3.63) is 58.5 Å². The fraction of sp³-hybridized carbons (Fsp3) is 0.263. The molecule has 3 heterocycles. The van der Waals surface area contributed by atoms with Crippen molar-refractivity contribution >= 4 is 34.1 Å². The third-order valence-corrected chi connectivity index (χ3v) is 5.51. The van der Waals surface area contributed by atoms with Crippen LogP contribution >= 0.6 is 11.3 Å². The average Bonchev–Trinajstić information content (AvgIpc) is 3.24. The predicted octanol–water partition coefficient (Wildman–Crippen LogP) is 3.05. The lowest BCUT2D eigenvalue weighted by atomic mass is 10.0. The van der Waals surface area contributed by atoms with Crippen LogP contribution in [0.3, 0.4) is 0 Å². The smallest absolute Gasteiger partial charge is 0.368 e. The van der Waals surface area contributed by atoms with Crippen LogP contribution in [0.2, 0.25) is 0 Å². The molecule has 0 unspecified atom stereocenters. The van der Waals surface area contributed by atoms with E-state index >= 15 is 0 Å². The summed E-state index contributed by atoms with van der Waals surface area (Å²) in [5.74, 6) is -0.421.